The molecule has 188 valence electrons. The fraction of sp³-hybridized carbons (Fsp3) is 0.600. The largest absolute Gasteiger partial charge is 0.444 e. The van der Waals surface area contributed by atoms with Crippen LogP contribution in [-0.4, -0.2) is 59.0 Å². The van der Waals surface area contributed by atoms with Crippen LogP contribution in [0.5, 0.6) is 0 Å². The molecule has 3 atom stereocenters. The second kappa shape index (κ2) is 14.5. The van der Waals surface area contributed by atoms with Crippen LogP contribution in [0.15, 0.2) is 30.3 Å². The molecule has 34 heavy (non-hydrogen) atoms. The van der Waals surface area contributed by atoms with Gasteiger partial charge in [0.25, 0.3) is 0 Å². The van der Waals surface area contributed by atoms with Gasteiger partial charge in [-0.25, -0.2) is 4.79 Å². The van der Waals surface area contributed by atoms with Crippen LogP contribution < -0.4 is 10.6 Å². The molecule has 0 saturated heterocycles. The summed E-state index contributed by atoms with van der Waals surface area (Å²) in [5.74, 6) is -0.271. The Morgan fingerprint density at radius 3 is 2.32 bits per heavy atom. The number of alkyl carbamates (subject to hydrolysis) is 1. The zero-order chi connectivity index (χ0) is 25.7. The highest BCUT2D eigenvalue weighted by Gasteiger charge is 2.36. The van der Waals surface area contributed by atoms with E-state index in [2.05, 4.69) is 10.6 Å². The Kier molecular flexibility index (Phi) is 12.5. The first-order chi connectivity index (χ1) is 16.0. The number of nitriles is 1. The van der Waals surface area contributed by atoms with E-state index in [1.54, 1.807) is 45.0 Å². The molecule has 0 aliphatic heterocycles. The fourth-order valence-corrected chi connectivity index (χ4v) is 3.92. The molecule has 3 unspecified atom stereocenters. The normalized spacial score (nSPS) is 13.7. The minimum Gasteiger partial charge on any atom is -0.444 e. The van der Waals surface area contributed by atoms with Crippen molar-refractivity contribution < 1.29 is 19.1 Å². The van der Waals surface area contributed by atoms with Gasteiger partial charge in [-0.15, -0.1) is 0 Å². The molecule has 1 aromatic carbocycles. The maximum absolute atomic E-state index is 13.7. The number of carbonyl (C=O) groups is 3. The van der Waals surface area contributed by atoms with Crippen molar-refractivity contribution in [3.8, 4) is 6.07 Å². The van der Waals surface area contributed by atoms with Crippen molar-refractivity contribution in [2.45, 2.75) is 77.6 Å². The summed E-state index contributed by atoms with van der Waals surface area (Å²) < 4.78 is 5.34. The Labute approximate surface area is 207 Å². The van der Waals surface area contributed by atoms with Crippen LogP contribution in [-0.2, 0) is 14.3 Å². The smallest absolute Gasteiger partial charge is 0.408 e. The van der Waals surface area contributed by atoms with E-state index in [-0.39, 0.29) is 18.5 Å². The summed E-state index contributed by atoms with van der Waals surface area (Å²) in [4.78, 5) is 40.7. The number of hydrogen-bond donors (Lipinski definition) is 2. The van der Waals surface area contributed by atoms with Crippen LogP contribution >= 0.6 is 11.8 Å². The average Bonchev–Trinajstić information content (AvgIpc) is 2.75. The quantitative estimate of drug-likeness (QED) is 0.428. The lowest BCUT2D eigenvalue weighted by molar-refractivity contribution is -0.142. The van der Waals surface area contributed by atoms with Crippen molar-refractivity contribution in [2.24, 2.45) is 0 Å². The third kappa shape index (κ3) is 10.0. The number of thioether (sulfide) groups is 1. The van der Waals surface area contributed by atoms with Gasteiger partial charge in [0.2, 0.25) is 11.8 Å². The Bertz CT molecular complexity index is 836. The van der Waals surface area contributed by atoms with Crippen molar-refractivity contribution in [3.63, 3.8) is 0 Å². The molecule has 0 saturated carbocycles. The van der Waals surface area contributed by atoms with Gasteiger partial charge in [-0.2, -0.15) is 17.0 Å². The van der Waals surface area contributed by atoms with Gasteiger partial charge in [0, 0.05) is 6.04 Å². The van der Waals surface area contributed by atoms with E-state index in [0.717, 1.165) is 12.8 Å². The fourth-order valence-electron chi connectivity index (χ4n) is 3.45. The van der Waals surface area contributed by atoms with Crippen molar-refractivity contribution in [1.82, 2.24) is 15.5 Å². The number of nitrogens with zero attached hydrogens (tertiary/aromatic N) is 2. The molecule has 0 bridgehead atoms. The monoisotopic (exact) mass is 490 g/mol. The summed E-state index contributed by atoms with van der Waals surface area (Å²) >= 11 is 1.53. The molecule has 0 fully saturated rings. The molecule has 1 aromatic rings. The van der Waals surface area contributed by atoms with Crippen LogP contribution in [0.4, 0.5) is 4.79 Å². The Hall–Kier alpha value is -2.73. The van der Waals surface area contributed by atoms with Gasteiger partial charge < -0.3 is 20.3 Å². The Morgan fingerprint density at radius 2 is 1.79 bits per heavy atom. The molecule has 0 aliphatic rings. The molecule has 0 aliphatic carbocycles. The predicted octanol–water partition coefficient (Wildman–Crippen LogP) is 4.03. The van der Waals surface area contributed by atoms with Crippen molar-refractivity contribution >= 4 is 29.7 Å². The zero-order valence-corrected chi connectivity index (χ0v) is 21.9. The highest BCUT2D eigenvalue weighted by molar-refractivity contribution is 7.98. The molecular formula is C25H38N4O4S. The molecule has 8 nitrogen and oxygen atoms in total. The second-order valence-electron chi connectivity index (χ2n) is 9.12. The van der Waals surface area contributed by atoms with Gasteiger partial charge >= 0.3 is 6.09 Å². The molecular weight excluding hydrogens is 452 g/mol. The number of hydrogen-bond acceptors (Lipinski definition) is 6. The Balaban J connectivity index is 3.33. The topological polar surface area (TPSA) is 112 Å². The standard InChI is InChI=1S/C25H38N4O4S/c1-7-11-18(2)27-22(30)21(19-12-9-8-10-13-19)29(16-15-26)23(31)20(14-17-34-6)28-24(32)33-25(3,4)5/h8-10,12-13,18,20-21H,7,11,14,16-17H2,1-6H3,(H,27,30)(H,28,32). The second-order valence-corrected chi connectivity index (χ2v) is 10.1. The average molecular weight is 491 g/mol. The van der Waals surface area contributed by atoms with Gasteiger partial charge in [-0.1, -0.05) is 43.7 Å². The lowest BCUT2D eigenvalue weighted by Gasteiger charge is -2.33. The number of carbonyl (C=O) groups excluding carboxylic acids is 3. The minimum atomic E-state index is -1.01. The lowest BCUT2D eigenvalue weighted by Crippen LogP contribution is -2.53. The summed E-state index contributed by atoms with van der Waals surface area (Å²) in [6, 6.07) is 8.86. The maximum atomic E-state index is 13.7. The van der Waals surface area contributed by atoms with E-state index in [0.29, 0.717) is 17.7 Å². The third-order valence-corrected chi connectivity index (χ3v) is 5.55. The number of nitrogens with one attached hydrogen (secondary N) is 2. The van der Waals surface area contributed by atoms with E-state index in [4.69, 9.17) is 4.74 Å². The van der Waals surface area contributed by atoms with E-state index >= 15 is 0 Å². The van der Waals surface area contributed by atoms with E-state index in [1.165, 1.54) is 16.7 Å². The SMILES string of the molecule is CCCC(C)NC(=O)C(c1ccccc1)N(CC#N)C(=O)C(CCSC)NC(=O)OC(C)(C)C. The molecule has 2 N–H and O–H groups in total. The first kappa shape index (κ1) is 29.3. The minimum absolute atomic E-state index is 0.0880. The van der Waals surface area contributed by atoms with Crippen LogP contribution in [0.25, 0.3) is 0 Å². The van der Waals surface area contributed by atoms with Crippen molar-refractivity contribution in [1.29, 1.82) is 5.26 Å². The lowest BCUT2D eigenvalue weighted by atomic mass is 10.0. The zero-order valence-electron chi connectivity index (χ0n) is 21.1. The number of benzene rings is 1. The molecule has 0 aromatic heterocycles. The maximum Gasteiger partial charge on any atom is 0.408 e. The summed E-state index contributed by atoms with van der Waals surface area (Å²) in [5.41, 5.74) is -0.140. The third-order valence-electron chi connectivity index (χ3n) is 4.91. The first-order valence-electron chi connectivity index (χ1n) is 11.5. The summed E-state index contributed by atoms with van der Waals surface area (Å²) in [6.45, 7) is 8.84. The van der Waals surface area contributed by atoms with Gasteiger partial charge in [0.1, 0.15) is 24.2 Å². The summed E-state index contributed by atoms with van der Waals surface area (Å²) in [5, 5.41) is 15.1. The van der Waals surface area contributed by atoms with E-state index in [9.17, 15) is 19.6 Å². The molecule has 0 spiro atoms. The van der Waals surface area contributed by atoms with Gasteiger partial charge in [-0.3, -0.25) is 9.59 Å². The highest BCUT2D eigenvalue weighted by atomic mass is 32.2. The molecule has 1 rings (SSSR count). The number of amides is 3. The predicted molar refractivity (Wildman–Crippen MR) is 135 cm³/mol. The van der Waals surface area contributed by atoms with Crippen LogP contribution in [0.2, 0.25) is 0 Å². The van der Waals surface area contributed by atoms with E-state index < -0.39 is 29.7 Å². The molecule has 3 amide bonds. The van der Waals surface area contributed by atoms with Gasteiger partial charge in [0.15, 0.2) is 0 Å². The van der Waals surface area contributed by atoms with Crippen molar-refractivity contribution in [2.75, 3.05) is 18.6 Å². The van der Waals surface area contributed by atoms with E-state index in [1.807, 2.05) is 32.2 Å². The summed E-state index contributed by atoms with van der Waals surface area (Å²) in [6.07, 6.45) is 3.19. The number of rotatable bonds is 12. The summed E-state index contributed by atoms with van der Waals surface area (Å²) in [7, 11) is 0. The van der Waals surface area contributed by atoms with Gasteiger partial charge in [-0.05, 0) is 58.1 Å². The molecule has 9 heteroatoms. The molecule has 0 radical (unpaired) electrons. The van der Waals surface area contributed by atoms with Crippen molar-refractivity contribution in [3.05, 3.63) is 35.9 Å². The highest BCUT2D eigenvalue weighted by Crippen LogP contribution is 2.23. The van der Waals surface area contributed by atoms with Crippen LogP contribution in [0.1, 0.15) is 65.5 Å². The van der Waals surface area contributed by atoms with Gasteiger partial charge in [0.05, 0.1) is 6.07 Å². The van der Waals surface area contributed by atoms with Crippen LogP contribution in [0, 0.1) is 11.3 Å². The molecule has 0 heterocycles. The number of ether oxygens (including phenoxy) is 1. The Morgan fingerprint density at radius 1 is 1.15 bits per heavy atom. The first-order valence-corrected chi connectivity index (χ1v) is 12.9. The van der Waals surface area contributed by atoms with Crippen LogP contribution in [0.3, 0.4) is 0 Å².